The van der Waals surface area contributed by atoms with Gasteiger partial charge in [0.1, 0.15) is 33.5 Å². The molecule has 4 fully saturated rings. The first kappa shape index (κ1) is 36.4. The highest BCUT2D eigenvalue weighted by Crippen LogP contribution is 2.71. The van der Waals surface area contributed by atoms with Crippen molar-refractivity contribution >= 4 is 65.8 Å². The molecule has 4 saturated carbocycles. The Labute approximate surface area is 384 Å². The highest BCUT2D eigenvalue weighted by atomic mass is 16.3. The molecule has 0 amide bonds. The molecule has 12 aromatic rings. The Bertz CT molecular complexity index is 3930. The fourth-order valence-electron chi connectivity index (χ4n) is 14.2. The third kappa shape index (κ3) is 4.82. The molecule has 1 spiro atoms. The van der Waals surface area contributed by atoms with E-state index in [-0.39, 0.29) is 5.41 Å². The van der Waals surface area contributed by atoms with E-state index >= 15 is 0 Å². The van der Waals surface area contributed by atoms with Crippen LogP contribution in [-0.2, 0) is 5.41 Å². The Balaban J connectivity index is 1.06. The van der Waals surface area contributed by atoms with Gasteiger partial charge < -0.3 is 13.3 Å². The first-order chi connectivity index (χ1) is 33.2. The summed E-state index contributed by atoms with van der Waals surface area (Å²) < 4.78 is 20.4. The maximum atomic E-state index is 6.90. The van der Waals surface area contributed by atoms with E-state index in [4.69, 9.17) is 28.2 Å². The lowest BCUT2D eigenvalue weighted by molar-refractivity contribution is -0.0397. The number of rotatable bonds is 4. The molecule has 5 aliphatic rings. The van der Waals surface area contributed by atoms with Crippen molar-refractivity contribution in [3.63, 3.8) is 0 Å². The third-order valence-corrected chi connectivity index (χ3v) is 16.6. The van der Waals surface area contributed by atoms with Gasteiger partial charge >= 0.3 is 0 Å². The average molecular weight is 864 g/mol. The van der Waals surface area contributed by atoms with Crippen LogP contribution < -0.4 is 0 Å². The number of furan rings is 3. The predicted molar refractivity (Wildman–Crippen MR) is 267 cm³/mol. The third-order valence-electron chi connectivity index (χ3n) is 16.6. The van der Waals surface area contributed by atoms with Gasteiger partial charge in [0.05, 0.1) is 11.1 Å². The van der Waals surface area contributed by atoms with Gasteiger partial charge in [0.15, 0.2) is 17.5 Å². The largest absolute Gasteiger partial charge is 0.455 e. The van der Waals surface area contributed by atoms with Crippen molar-refractivity contribution in [2.75, 3.05) is 0 Å². The van der Waals surface area contributed by atoms with E-state index in [1.807, 2.05) is 24.3 Å². The van der Waals surface area contributed by atoms with E-state index in [1.54, 1.807) is 0 Å². The van der Waals surface area contributed by atoms with Gasteiger partial charge in [0, 0.05) is 48.9 Å². The quantitative estimate of drug-likeness (QED) is 0.175. The molecular weight excluding hydrogens is 823 g/mol. The van der Waals surface area contributed by atoms with Gasteiger partial charge in [-0.1, -0.05) is 133 Å². The van der Waals surface area contributed by atoms with Crippen LogP contribution in [0.25, 0.3) is 122 Å². The zero-order chi connectivity index (χ0) is 43.5. The van der Waals surface area contributed by atoms with Gasteiger partial charge in [-0.3, -0.25) is 0 Å². The van der Waals surface area contributed by atoms with E-state index in [0.29, 0.717) is 29.3 Å². The lowest BCUT2D eigenvalue weighted by Crippen LogP contribution is -2.55. The van der Waals surface area contributed by atoms with Crippen molar-refractivity contribution < 1.29 is 13.3 Å². The topological polar surface area (TPSA) is 78.1 Å². The van der Waals surface area contributed by atoms with E-state index in [1.165, 1.54) is 54.4 Å². The Morgan fingerprint density at radius 1 is 0.343 bits per heavy atom. The molecule has 0 atom stereocenters. The second-order valence-electron chi connectivity index (χ2n) is 19.8. The zero-order valence-corrected chi connectivity index (χ0v) is 36.5. The summed E-state index contributed by atoms with van der Waals surface area (Å²) in [4.78, 5) is 17.0. The second kappa shape index (κ2) is 13.2. The Morgan fingerprint density at radius 2 is 0.761 bits per heavy atom. The molecule has 0 saturated heterocycles. The van der Waals surface area contributed by atoms with Gasteiger partial charge in [-0.15, -0.1) is 0 Å². The van der Waals surface area contributed by atoms with Crippen LogP contribution in [-0.4, -0.2) is 15.0 Å². The first-order valence-electron chi connectivity index (χ1n) is 23.9. The minimum Gasteiger partial charge on any atom is -0.455 e. The van der Waals surface area contributed by atoms with Crippen LogP contribution in [0.1, 0.15) is 43.2 Å². The van der Waals surface area contributed by atoms with Gasteiger partial charge in [0.25, 0.3) is 0 Å². The van der Waals surface area contributed by atoms with Crippen molar-refractivity contribution in [1.29, 1.82) is 0 Å². The van der Waals surface area contributed by atoms with Crippen molar-refractivity contribution in [1.82, 2.24) is 15.0 Å². The van der Waals surface area contributed by atoms with Crippen LogP contribution in [0.15, 0.2) is 177 Å². The van der Waals surface area contributed by atoms with Crippen LogP contribution in [0.5, 0.6) is 0 Å². The van der Waals surface area contributed by atoms with Crippen LogP contribution in [0.4, 0.5) is 0 Å². The smallest absolute Gasteiger partial charge is 0.167 e. The van der Waals surface area contributed by atoms with E-state index in [0.717, 1.165) is 105 Å². The molecule has 4 heterocycles. The number of hydrogen-bond acceptors (Lipinski definition) is 6. The van der Waals surface area contributed by atoms with Crippen LogP contribution in [0.3, 0.4) is 0 Å². The lowest BCUT2D eigenvalue weighted by atomic mass is 9.42. The minimum atomic E-state index is -0.198. The van der Waals surface area contributed by atoms with Crippen molar-refractivity contribution in [3.8, 4) is 56.4 Å². The molecule has 0 aliphatic heterocycles. The fourth-order valence-corrected chi connectivity index (χ4v) is 14.2. The van der Waals surface area contributed by atoms with Gasteiger partial charge in [0.2, 0.25) is 0 Å². The maximum absolute atomic E-state index is 6.90. The molecule has 0 N–H and O–H groups in total. The summed E-state index contributed by atoms with van der Waals surface area (Å²) >= 11 is 0. The Morgan fingerprint density at radius 3 is 1.31 bits per heavy atom. The highest BCUT2D eigenvalue weighted by Gasteiger charge is 2.62. The SMILES string of the molecule is c1ccc2c(c1)-c1ccc(-c3cccc4c3oc3ccccc34)c(-c3nc(-c4cccc5c4oc4ccccc45)nc(-c4cccc5c4oc4ccccc45)n3)c1C21C2CC3CC(C2)CC1C3. The molecule has 17 rings (SSSR count). The normalized spacial score (nSPS) is 21.5. The van der Waals surface area contributed by atoms with Crippen molar-refractivity contribution in [3.05, 3.63) is 175 Å². The van der Waals surface area contributed by atoms with Crippen LogP contribution in [0, 0.1) is 23.7 Å². The molecule has 5 aliphatic carbocycles. The summed E-state index contributed by atoms with van der Waals surface area (Å²) in [5.74, 6) is 4.33. The van der Waals surface area contributed by atoms with Crippen molar-refractivity contribution in [2.45, 2.75) is 37.5 Å². The summed E-state index contributed by atoms with van der Waals surface area (Å²) in [7, 11) is 0. The van der Waals surface area contributed by atoms with Gasteiger partial charge in [-0.2, -0.15) is 0 Å². The number of benzene rings is 8. The monoisotopic (exact) mass is 863 g/mol. The molecule has 0 radical (unpaired) electrons. The molecule has 67 heavy (non-hydrogen) atoms. The summed E-state index contributed by atoms with van der Waals surface area (Å²) in [5, 5.41) is 6.37. The molecule has 4 aromatic heterocycles. The number of nitrogens with zero attached hydrogens (tertiary/aromatic N) is 3. The lowest BCUT2D eigenvalue weighted by Gasteiger charge is -2.61. The molecule has 6 nitrogen and oxygen atoms in total. The van der Waals surface area contributed by atoms with Gasteiger partial charge in [-0.05, 0) is 114 Å². The average Bonchev–Trinajstić information content (AvgIpc) is 4.13. The van der Waals surface area contributed by atoms with E-state index in [2.05, 4.69) is 140 Å². The Kier molecular flexibility index (Phi) is 7.15. The summed E-state index contributed by atoms with van der Waals surface area (Å²) in [5.41, 5.74) is 15.0. The second-order valence-corrected chi connectivity index (χ2v) is 19.8. The molecule has 8 aromatic carbocycles. The highest BCUT2D eigenvalue weighted by molar-refractivity contribution is 6.13. The zero-order valence-electron chi connectivity index (χ0n) is 36.5. The number of fused-ring (bicyclic) bond motifs is 12. The molecule has 4 bridgehead atoms. The number of para-hydroxylation sites is 6. The van der Waals surface area contributed by atoms with Gasteiger partial charge in [-0.25, -0.2) is 15.0 Å². The molecule has 6 heteroatoms. The summed E-state index contributed by atoms with van der Waals surface area (Å²) in [6.07, 6.45) is 6.37. The first-order valence-corrected chi connectivity index (χ1v) is 23.9. The molecule has 318 valence electrons. The standard InChI is InChI=1S/C61H41N3O3/c1-5-22-49-37(12-1)42-27-26-41(46-19-9-16-43-38-13-2-6-23-50(38)65-55(43)46)53(54(42)61(49)35-29-33-28-34(31-35)32-36(61)30-33)60-63-58(47-20-10-17-44-39-14-3-7-24-51(39)66-56(44)47)62-59(64-60)48-21-11-18-45-40-15-4-8-25-52(40)67-57(45)48/h1-27,33-36H,28-32H2. The summed E-state index contributed by atoms with van der Waals surface area (Å²) in [6.45, 7) is 0. The molecule has 0 unspecified atom stereocenters. The maximum Gasteiger partial charge on any atom is 0.167 e. The van der Waals surface area contributed by atoms with E-state index in [9.17, 15) is 0 Å². The predicted octanol–water partition coefficient (Wildman–Crippen LogP) is 16.0. The van der Waals surface area contributed by atoms with Crippen LogP contribution >= 0.6 is 0 Å². The number of hydrogen-bond donors (Lipinski definition) is 0. The molecular formula is C61H41N3O3. The number of aromatic nitrogens is 3. The van der Waals surface area contributed by atoms with Crippen LogP contribution in [0.2, 0.25) is 0 Å². The fraction of sp³-hybridized carbons (Fsp3) is 0.164. The summed E-state index contributed by atoms with van der Waals surface area (Å²) in [6, 6.07) is 58.2. The minimum absolute atomic E-state index is 0.198. The van der Waals surface area contributed by atoms with E-state index < -0.39 is 0 Å². The van der Waals surface area contributed by atoms with Crippen molar-refractivity contribution in [2.24, 2.45) is 23.7 Å². The Hall–Kier alpha value is -7.83.